The zero-order valence-electron chi connectivity index (χ0n) is 12.1. The molecule has 4 heteroatoms. The maximum absolute atomic E-state index is 9.63. The van der Waals surface area contributed by atoms with Crippen molar-refractivity contribution in [3.8, 4) is 0 Å². The molecule has 4 nitrogen and oxygen atoms in total. The number of aromatic nitrogens is 1. The first-order valence-corrected chi connectivity index (χ1v) is 7.17. The third-order valence-corrected chi connectivity index (χ3v) is 3.75. The van der Waals surface area contributed by atoms with E-state index in [1.54, 1.807) is 0 Å². The van der Waals surface area contributed by atoms with Gasteiger partial charge in [-0.15, -0.1) is 0 Å². The fourth-order valence-electron chi connectivity index (χ4n) is 2.42. The second-order valence-corrected chi connectivity index (χ2v) is 5.80. The van der Waals surface area contributed by atoms with Crippen LogP contribution in [0.25, 0.3) is 0 Å². The van der Waals surface area contributed by atoms with Crippen LogP contribution in [0.5, 0.6) is 0 Å². The lowest BCUT2D eigenvalue weighted by molar-refractivity contribution is 0.136. The summed E-state index contributed by atoms with van der Waals surface area (Å²) in [7, 11) is 0. The zero-order valence-corrected chi connectivity index (χ0v) is 12.1. The summed E-state index contributed by atoms with van der Waals surface area (Å²) in [5, 5.41) is 13.0. The minimum Gasteiger partial charge on any atom is -0.393 e. The van der Waals surface area contributed by atoms with Gasteiger partial charge in [0, 0.05) is 37.8 Å². The van der Waals surface area contributed by atoms with Crippen LogP contribution in [-0.2, 0) is 6.54 Å². The van der Waals surface area contributed by atoms with Crippen molar-refractivity contribution < 1.29 is 5.11 Å². The van der Waals surface area contributed by atoms with E-state index < -0.39 is 0 Å². The van der Waals surface area contributed by atoms with Crippen LogP contribution in [0.2, 0.25) is 0 Å². The summed E-state index contributed by atoms with van der Waals surface area (Å²) < 4.78 is 0. The standard InChI is InChI=1S/C15H25N3O/c1-11(2)16-8-13-4-5-15(17-9-13)18-7-6-14(10-18)12(3)19/h4-5,9,11-12,14,16,19H,6-8,10H2,1-3H3. The molecule has 1 aliphatic rings. The monoisotopic (exact) mass is 263 g/mol. The molecule has 1 aromatic heterocycles. The third-order valence-electron chi connectivity index (χ3n) is 3.75. The molecule has 1 fully saturated rings. The van der Waals surface area contributed by atoms with E-state index in [0.29, 0.717) is 12.0 Å². The summed E-state index contributed by atoms with van der Waals surface area (Å²) in [6.45, 7) is 8.92. The van der Waals surface area contributed by atoms with Crippen molar-refractivity contribution in [3.05, 3.63) is 23.9 Å². The fraction of sp³-hybridized carbons (Fsp3) is 0.667. The maximum atomic E-state index is 9.63. The number of aliphatic hydroxyl groups is 1. The molecule has 0 aliphatic carbocycles. The predicted molar refractivity (Wildman–Crippen MR) is 78.2 cm³/mol. The van der Waals surface area contributed by atoms with Gasteiger partial charge in [0.1, 0.15) is 5.82 Å². The van der Waals surface area contributed by atoms with E-state index in [9.17, 15) is 5.11 Å². The first-order valence-electron chi connectivity index (χ1n) is 7.17. The normalized spacial score (nSPS) is 21.1. The predicted octanol–water partition coefficient (Wildman–Crippen LogP) is 1.79. The van der Waals surface area contributed by atoms with Crippen molar-refractivity contribution >= 4 is 5.82 Å². The number of pyridine rings is 1. The molecule has 2 heterocycles. The highest BCUT2D eigenvalue weighted by molar-refractivity contribution is 5.40. The smallest absolute Gasteiger partial charge is 0.128 e. The van der Waals surface area contributed by atoms with Gasteiger partial charge < -0.3 is 15.3 Å². The molecule has 2 N–H and O–H groups in total. The van der Waals surface area contributed by atoms with Crippen LogP contribution in [0, 0.1) is 5.92 Å². The average Bonchev–Trinajstić information content (AvgIpc) is 2.86. The largest absolute Gasteiger partial charge is 0.393 e. The van der Waals surface area contributed by atoms with Crippen LogP contribution in [-0.4, -0.2) is 35.3 Å². The molecule has 2 unspecified atom stereocenters. The van der Waals surface area contributed by atoms with Crippen LogP contribution in [0.4, 0.5) is 5.82 Å². The van der Waals surface area contributed by atoms with Gasteiger partial charge in [0.25, 0.3) is 0 Å². The molecule has 0 amide bonds. The second-order valence-electron chi connectivity index (χ2n) is 5.80. The number of anilines is 1. The zero-order chi connectivity index (χ0) is 13.8. The fourth-order valence-corrected chi connectivity index (χ4v) is 2.42. The molecular weight excluding hydrogens is 238 g/mol. The van der Waals surface area contributed by atoms with E-state index >= 15 is 0 Å². The Morgan fingerprint density at radius 3 is 2.74 bits per heavy atom. The number of nitrogens with zero attached hydrogens (tertiary/aromatic N) is 2. The Morgan fingerprint density at radius 1 is 1.42 bits per heavy atom. The maximum Gasteiger partial charge on any atom is 0.128 e. The van der Waals surface area contributed by atoms with Crippen LogP contribution >= 0.6 is 0 Å². The summed E-state index contributed by atoms with van der Waals surface area (Å²) >= 11 is 0. The molecule has 0 radical (unpaired) electrons. The lowest BCUT2D eigenvalue weighted by Gasteiger charge is -2.19. The van der Waals surface area contributed by atoms with Gasteiger partial charge in [0.15, 0.2) is 0 Å². The average molecular weight is 263 g/mol. The highest BCUT2D eigenvalue weighted by atomic mass is 16.3. The molecule has 0 aromatic carbocycles. The minimum atomic E-state index is -0.223. The minimum absolute atomic E-state index is 0.223. The van der Waals surface area contributed by atoms with E-state index in [2.05, 4.69) is 41.2 Å². The SMILES string of the molecule is CC(C)NCc1ccc(N2CCC(C(C)O)C2)nc1. The molecule has 1 aromatic rings. The van der Waals surface area contributed by atoms with Gasteiger partial charge in [-0.2, -0.15) is 0 Å². The summed E-state index contributed by atoms with van der Waals surface area (Å²) in [4.78, 5) is 6.80. The Bertz CT molecular complexity index is 389. The molecule has 0 bridgehead atoms. The van der Waals surface area contributed by atoms with Crippen LogP contribution in [0.3, 0.4) is 0 Å². The van der Waals surface area contributed by atoms with Crippen LogP contribution in [0.1, 0.15) is 32.8 Å². The summed E-state index contributed by atoms with van der Waals surface area (Å²) in [5.41, 5.74) is 1.21. The van der Waals surface area contributed by atoms with Gasteiger partial charge in [0.05, 0.1) is 6.10 Å². The number of hydrogen-bond acceptors (Lipinski definition) is 4. The first kappa shape index (κ1) is 14.3. The summed E-state index contributed by atoms with van der Waals surface area (Å²) in [6, 6.07) is 4.71. The Labute approximate surface area is 115 Å². The van der Waals surface area contributed by atoms with Gasteiger partial charge in [-0.3, -0.25) is 0 Å². The van der Waals surface area contributed by atoms with E-state index in [1.807, 2.05) is 13.1 Å². The first-order chi connectivity index (χ1) is 9.06. The Morgan fingerprint density at radius 2 is 2.21 bits per heavy atom. The molecule has 1 aliphatic heterocycles. The van der Waals surface area contributed by atoms with Gasteiger partial charge in [-0.25, -0.2) is 4.98 Å². The van der Waals surface area contributed by atoms with Gasteiger partial charge >= 0.3 is 0 Å². The van der Waals surface area contributed by atoms with E-state index in [1.165, 1.54) is 5.56 Å². The number of aliphatic hydroxyl groups excluding tert-OH is 1. The lowest BCUT2D eigenvalue weighted by atomic mass is 10.0. The molecule has 0 saturated carbocycles. The summed E-state index contributed by atoms with van der Waals surface area (Å²) in [5.74, 6) is 1.40. The quantitative estimate of drug-likeness (QED) is 0.850. The molecule has 1 saturated heterocycles. The molecule has 2 atom stereocenters. The summed E-state index contributed by atoms with van der Waals surface area (Å²) in [6.07, 6.45) is 2.77. The van der Waals surface area contributed by atoms with Gasteiger partial charge in [0.2, 0.25) is 0 Å². The molecule has 2 rings (SSSR count). The Hall–Kier alpha value is -1.13. The van der Waals surface area contributed by atoms with Crippen molar-refractivity contribution in [3.63, 3.8) is 0 Å². The number of hydrogen-bond donors (Lipinski definition) is 2. The molecule has 19 heavy (non-hydrogen) atoms. The Balaban J connectivity index is 1.92. The molecular formula is C15H25N3O. The van der Waals surface area contributed by atoms with E-state index in [4.69, 9.17) is 0 Å². The Kier molecular flexibility index (Phi) is 4.77. The van der Waals surface area contributed by atoms with E-state index in [0.717, 1.165) is 31.9 Å². The topological polar surface area (TPSA) is 48.4 Å². The van der Waals surface area contributed by atoms with Crippen molar-refractivity contribution in [1.29, 1.82) is 0 Å². The van der Waals surface area contributed by atoms with Crippen molar-refractivity contribution in [2.75, 3.05) is 18.0 Å². The number of rotatable bonds is 5. The second kappa shape index (κ2) is 6.35. The van der Waals surface area contributed by atoms with Crippen molar-refractivity contribution in [1.82, 2.24) is 10.3 Å². The molecule has 106 valence electrons. The van der Waals surface area contributed by atoms with Crippen molar-refractivity contribution in [2.24, 2.45) is 5.92 Å². The van der Waals surface area contributed by atoms with Crippen LogP contribution < -0.4 is 10.2 Å². The molecule has 0 spiro atoms. The highest BCUT2D eigenvalue weighted by Gasteiger charge is 2.26. The van der Waals surface area contributed by atoms with Gasteiger partial charge in [-0.1, -0.05) is 19.9 Å². The number of nitrogens with one attached hydrogen (secondary N) is 1. The highest BCUT2D eigenvalue weighted by Crippen LogP contribution is 2.24. The lowest BCUT2D eigenvalue weighted by Crippen LogP contribution is -2.25. The van der Waals surface area contributed by atoms with Crippen molar-refractivity contribution in [2.45, 2.75) is 45.9 Å². The van der Waals surface area contributed by atoms with Crippen LogP contribution in [0.15, 0.2) is 18.3 Å². The third kappa shape index (κ3) is 3.91. The van der Waals surface area contributed by atoms with Gasteiger partial charge in [-0.05, 0) is 25.0 Å². The van der Waals surface area contributed by atoms with E-state index in [-0.39, 0.29) is 6.10 Å².